The normalized spacial score (nSPS) is 17.0. The smallest absolute Gasteiger partial charge is 0.248 e. The Labute approximate surface area is 232 Å². The summed E-state index contributed by atoms with van der Waals surface area (Å²) in [5.74, 6) is -0.111. The summed E-state index contributed by atoms with van der Waals surface area (Å²) in [6.07, 6.45) is 3.69. The first-order chi connectivity index (χ1) is 18.6. The highest BCUT2D eigenvalue weighted by atomic mass is 79.9. The summed E-state index contributed by atoms with van der Waals surface area (Å²) in [6, 6.07) is 7.89. The Morgan fingerprint density at radius 3 is 2.59 bits per heavy atom. The maximum atomic E-state index is 14.5. The van der Waals surface area contributed by atoms with Crippen molar-refractivity contribution < 1.29 is 18.8 Å². The minimum absolute atomic E-state index is 0.0994. The first-order valence-electron chi connectivity index (χ1n) is 12.4. The van der Waals surface area contributed by atoms with E-state index in [-0.39, 0.29) is 25.3 Å². The lowest BCUT2D eigenvalue weighted by Crippen LogP contribution is -2.44. The molecule has 0 radical (unpaired) electrons. The predicted molar refractivity (Wildman–Crippen MR) is 148 cm³/mol. The third kappa shape index (κ3) is 5.44. The van der Waals surface area contributed by atoms with Gasteiger partial charge in [0.25, 0.3) is 0 Å². The number of fused-ring (bicyclic) bond motifs is 1. The Hall–Kier alpha value is -3.99. The summed E-state index contributed by atoms with van der Waals surface area (Å²) < 4.78 is 16.7. The Kier molecular flexibility index (Phi) is 7.26. The number of hydrogen-bond acceptors (Lipinski definition) is 6. The number of aryl methyl sites for hydroxylation is 2. The molecule has 4 heterocycles. The summed E-state index contributed by atoms with van der Waals surface area (Å²) in [6.45, 7) is 4.88. The van der Waals surface area contributed by atoms with E-state index in [4.69, 9.17) is 0 Å². The standard InChI is InChI=1S/C28H26BrFN6O3/c1-15-7-23-21(9-20(15)18-10-31-17(3)32-11-18)22(16(2)37)13-35(23)14-27(38)36-12-19(30)8-24(36)28(39)34-26-6-4-5-25(29)33-26/h4-7,9-11,13,19,24H,8,12,14H2,1-3H3,(H,33,34,39)/t19-,24+/m1/s1. The van der Waals surface area contributed by atoms with Crippen LogP contribution in [0, 0.1) is 13.8 Å². The molecule has 1 fully saturated rings. The average molecular weight is 593 g/mol. The Bertz CT molecular complexity index is 1600. The number of halogens is 2. The van der Waals surface area contributed by atoms with E-state index in [0.29, 0.717) is 32.7 Å². The maximum absolute atomic E-state index is 14.5. The molecule has 0 spiro atoms. The zero-order valence-electron chi connectivity index (χ0n) is 21.6. The maximum Gasteiger partial charge on any atom is 0.248 e. The molecule has 3 aromatic heterocycles. The number of Topliss-reactive ketones (excluding diaryl/α,β-unsaturated/α-hetero) is 1. The van der Waals surface area contributed by atoms with Crippen LogP contribution >= 0.6 is 15.9 Å². The van der Waals surface area contributed by atoms with E-state index in [9.17, 15) is 18.8 Å². The number of pyridine rings is 1. The van der Waals surface area contributed by atoms with Gasteiger partial charge in [-0.3, -0.25) is 14.4 Å². The van der Waals surface area contributed by atoms with Gasteiger partial charge in [-0.25, -0.2) is 19.3 Å². The molecular formula is C28H26BrFN6O3. The number of hydrogen-bond donors (Lipinski definition) is 1. The van der Waals surface area contributed by atoms with Crippen LogP contribution in [0.25, 0.3) is 22.0 Å². The quantitative estimate of drug-likeness (QED) is 0.258. The molecule has 0 aliphatic carbocycles. The lowest BCUT2D eigenvalue weighted by atomic mass is 9.99. The molecule has 0 bridgehead atoms. The number of carbonyl (C=O) groups is 3. The van der Waals surface area contributed by atoms with Gasteiger partial charge in [0.05, 0.1) is 6.54 Å². The van der Waals surface area contributed by atoms with E-state index in [2.05, 4.69) is 36.2 Å². The second-order valence-electron chi connectivity index (χ2n) is 9.66. The molecule has 1 N–H and O–H groups in total. The van der Waals surface area contributed by atoms with Crippen molar-refractivity contribution in [3.63, 3.8) is 0 Å². The largest absolute Gasteiger partial charge is 0.337 e. The third-order valence-electron chi connectivity index (χ3n) is 6.84. The molecule has 5 rings (SSSR count). The fourth-order valence-electron chi connectivity index (χ4n) is 4.93. The third-order valence-corrected chi connectivity index (χ3v) is 7.29. The van der Waals surface area contributed by atoms with Crippen molar-refractivity contribution in [1.82, 2.24) is 24.4 Å². The van der Waals surface area contributed by atoms with Crippen LogP contribution in [0.5, 0.6) is 0 Å². The lowest BCUT2D eigenvalue weighted by molar-refractivity contribution is -0.137. The Morgan fingerprint density at radius 2 is 1.90 bits per heavy atom. The number of nitrogens with zero attached hydrogens (tertiary/aromatic N) is 5. The minimum atomic E-state index is -1.32. The van der Waals surface area contributed by atoms with Gasteiger partial charge >= 0.3 is 0 Å². The highest BCUT2D eigenvalue weighted by molar-refractivity contribution is 9.10. The predicted octanol–water partition coefficient (Wildman–Crippen LogP) is 4.65. The molecular weight excluding hydrogens is 567 g/mol. The molecule has 2 amide bonds. The van der Waals surface area contributed by atoms with Crippen LogP contribution in [0.4, 0.5) is 10.2 Å². The molecule has 1 saturated heterocycles. The van der Waals surface area contributed by atoms with Gasteiger partial charge in [0.1, 0.15) is 35.0 Å². The molecule has 2 atom stereocenters. The van der Waals surface area contributed by atoms with Gasteiger partial charge in [-0.05, 0) is 72.1 Å². The van der Waals surface area contributed by atoms with E-state index in [1.165, 1.54) is 11.8 Å². The number of amides is 2. The second-order valence-corrected chi connectivity index (χ2v) is 10.5. The first kappa shape index (κ1) is 26.6. The zero-order chi connectivity index (χ0) is 27.8. The number of nitrogens with one attached hydrogen (secondary N) is 1. The first-order valence-corrected chi connectivity index (χ1v) is 13.2. The van der Waals surface area contributed by atoms with E-state index < -0.39 is 24.0 Å². The van der Waals surface area contributed by atoms with Crippen molar-refractivity contribution >= 4 is 50.2 Å². The van der Waals surface area contributed by atoms with E-state index >= 15 is 0 Å². The summed E-state index contributed by atoms with van der Waals surface area (Å²) >= 11 is 3.25. The molecule has 9 nitrogen and oxygen atoms in total. The Morgan fingerprint density at radius 1 is 1.15 bits per heavy atom. The van der Waals surface area contributed by atoms with E-state index in [1.54, 1.807) is 41.4 Å². The molecule has 39 heavy (non-hydrogen) atoms. The van der Waals surface area contributed by atoms with E-state index in [0.717, 1.165) is 16.7 Å². The summed E-state index contributed by atoms with van der Waals surface area (Å²) in [7, 11) is 0. The van der Waals surface area contributed by atoms with Crippen molar-refractivity contribution in [3.8, 4) is 11.1 Å². The van der Waals surface area contributed by atoms with Gasteiger partial charge in [0, 0.05) is 47.0 Å². The number of anilines is 1. The van der Waals surface area contributed by atoms with Crippen LogP contribution in [0.1, 0.15) is 35.1 Å². The van der Waals surface area contributed by atoms with Crippen LogP contribution in [0.15, 0.2) is 53.5 Å². The summed E-state index contributed by atoms with van der Waals surface area (Å²) in [5.41, 5.74) is 3.77. The number of likely N-dealkylation sites (tertiary alicyclic amines) is 1. The number of benzene rings is 1. The molecule has 1 aromatic carbocycles. The second kappa shape index (κ2) is 10.6. The van der Waals surface area contributed by atoms with Crippen LogP contribution in [0.2, 0.25) is 0 Å². The zero-order valence-corrected chi connectivity index (χ0v) is 23.2. The van der Waals surface area contributed by atoms with Gasteiger partial charge in [-0.15, -0.1) is 0 Å². The van der Waals surface area contributed by atoms with Gasteiger partial charge < -0.3 is 14.8 Å². The van der Waals surface area contributed by atoms with Crippen LogP contribution in [-0.4, -0.2) is 60.8 Å². The molecule has 11 heteroatoms. The number of carbonyl (C=O) groups excluding carboxylic acids is 3. The fraction of sp³-hybridized carbons (Fsp3) is 0.286. The molecule has 1 aliphatic rings. The molecule has 1 aliphatic heterocycles. The average Bonchev–Trinajstić information content (AvgIpc) is 3.45. The van der Waals surface area contributed by atoms with Crippen molar-refractivity contribution in [3.05, 3.63) is 70.5 Å². The van der Waals surface area contributed by atoms with Gasteiger partial charge in [0.2, 0.25) is 11.8 Å². The monoisotopic (exact) mass is 592 g/mol. The Balaban J connectivity index is 1.44. The number of alkyl halides is 1. The highest BCUT2D eigenvalue weighted by Gasteiger charge is 2.40. The van der Waals surface area contributed by atoms with Gasteiger partial charge in [-0.1, -0.05) is 6.07 Å². The number of ketones is 1. The molecule has 4 aromatic rings. The van der Waals surface area contributed by atoms with Gasteiger partial charge in [0.15, 0.2) is 5.78 Å². The summed E-state index contributed by atoms with van der Waals surface area (Å²) in [5, 5.41) is 3.36. The SMILES string of the molecule is CC(=O)c1cn(CC(=O)N2C[C@H](F)C[C@H]2C(=O)Nc2cccc(Br)n2)c2cc(C)c(-c3cnc(C)nc3)cc12. The topological polar surface area (TPSA) is 110 Å². The lowest BCUT2D eigenvalue weighted by Gasteiger charge is -2.24. The minimum Gasteiger partial charge on any atom is -0.337 e. The van der Waals surface area contributed by atoms with Crippen LogP contribution in [0.3, 0.4) is 0 Å². The number of aromatic nitrogens is 4. The summed E-state index contributed by atoms with van der Waals surface area (Å²) in [4.78, 5) is 53.0. The van der Waals surface area contributed by atoms with Crippen molar-refractivity contribution in [2.45, 2.75) is 46.0 Å². The number of rotatable bonds is 6. The fourth-order valence-corrected chi connectivity index (χ4v) is 5.27. The van der Waals surface area contributed by atoms with Crippen molar-refractivity contribution in [2.24, 2.45) is 0 Å². The van der Waals surface area contributed by atoms with E-state index in [1.807, 2.05) is 26.0 Å². The van der Waals surface area contributed by atoms with Crippen LogP contribution in [-0.2, 0) is 16.1 Å². The molecule has 200 valence electrons. The van der Waals surface area contributed by atoms with Gasteiger partial charge in [-0.2, -0.15) is 0 Å². The van der Waals surface area contributed by atoms with Crippen molar-refractivity contribution in [2.75, 3.05) is 11.9 Å². The van der Waals surface area contributed by atoms with Crippen molar-refractivity contribution in [1.29, 1.82) is 0 Å². The molecule has 0 saturated carbocycles. The van der Waals surface area contributed by atoms with Crippen LogP contribution < -0.4 is 5.32 Å². The highest BCUT2D eigenvalue weighted by Crippen LogP contribution is 2.32. The molecule has 0 unspecified atom stereocenters.